The van der Waals surface area contributed by atoms with Crippen LogP contribution < -0.4 is 43.0 Å². The van der Waals surface area contributed by atoms with E-state index < -0.39 is 125 Å². The summed E-state index contributed by atoms with van der Waals surface area (Å²) in [6, 6.07) is -1.77. The van der Waals surface area contributed by atoms with Gasteiger partial charge < -0.3 is 117 Å². The minimum absolute atomic E-state index is 0.0206. The van der Waals surface area contributed by atoms with Crippen LogP contribution in [0.25, 0.3) is 0 Å². The molecular weight excluding hydrogens is 1380 g/mol. The summed E-state index contributed by atoms with van der Waals surface area (Å²) in [5, 5.41) is 93.4. The van der Waals surface area contributed by atoms with E-state index >= 15 is 0 Å². The smallest absolute Gasteiger partial charge is 0.223 e. The largest absolute Gasteiger partial charge is 0.394 e. The fourth-order valence-electron chi connectivity index (χ4n) is 14.5. The van der Waals surface area contributed by atoms with Gasteiger partial charge in [0.2, 0.25) is 41.4 Å². The Morgan fingerprint density at radius 1 is 0.528 bits per heavy atom. The highest BCUT2D eigenvalue weighted by Crippen LogP contribution is 2.55. The molecule has 3 saturated heterocycles. The lowest BCUT2D eigenvalue weighted by Crippen LogP contribution is -2.68. The number of primary amides is 1. The number of ketones is 2. The highest BCUT2D eigenvalue weighted by molar-refractivity contribution is 5.88. The number of nitrogens with one attached hydrogen (secondary N) is 7. The van der Waals surface area contributed by atoms with Crippen molar-refractivity contribution in [2.75, 3.05) is 98.8 Å². The minimum atomic E-state index is -1.68. The van der Waals surface area contributed by atoms with Gasteiger partial charge >= 0.3 is 0 Å². The lowest BCUT2D eigenvalue weighted by atomic mass is 9.84. The maximum atomic E-state index is 13.8. The van der Waals surface area contributed by atoms with E-state index in [4.69, 9.17) is 38.9 Å². The van der Waals surface area contributed by atoms with E-state index in [0.29, 0.717) is 90.5 Å². The fraction of sp³-hybridized carbons (Fsp3) is 0.878. The van der Waals surface area contributed by atoms with Crippen LogP contribution in [-0.2, 0) is 76.3 Å². The average Bonchev–Trinajstić information content (AvgIpc) is 1.52. The molecule has 32 heteroatoms. The zero-order valence-corrected chi connectivity index (χ0v) is 64.7. The Morgan fingerprint density at radius 2 is 0.991 bits per heavy atom. The molecular formula is C74H131N9O23. The summed E-state index contributed by atoms with van der Waals surface area (Å²) in [6.45, 7) is 17.3. The number of rotatable bonds is 55. The highest BCUT2D eigenvalue weighted by atomic mass is 16.6. The minimum Gasteiger partial charge on any atom is -0.394 e. The van der Waals surface area contributed by atoms with Crippen LogP contribution in [0.15, 0.2) is 0 Å². The second kappa shape index (κ2) is 43.0. The number of aliphatic hydroxyl groups is 7. The van der Waals surface area contributed by atoms with Crippen molar-refractivity contribution in [1.29, 1.82) is 0 Å². The number of nitrogens with two attached hydrogens (primary N) is 1. The maximum absolute atomic E-state index is 13.8. The third kappa shape index (κ3) is 28.4. The van der Waals surface area contributed by atoms with Gasteiger partial charge in [0.25, 0.3) is 0 Å². The van der Waals surface area contributed by atoms with Crippen molar-refractivity contribution in [2.45, 2.75) is 310 Å². The van der Waals surface area contributed by atoms with E-state index in [1.54, 1.807) is 55.4 Å². The fourth-order valence-corrected chi connectivity index (χ4v) is 14.5. The number of nitrogens with zero attached hydrogens (tertiary/aromatic N) is 1. The maximum Gasteiger partial charge on any atom is 0.223 e. The summed E-state index contributed by atoms with van der Waals surface area (Å²) >= 11 is 0. The second-order valence-electron chi connectivity index (χ2n) is 31.9. The van der Waals surface area contributed by atoms with Crippen molar-refractivity contribution in [2.24, 2.45) is 11.7 Å². The van der Waals surface area contributed by atoms with E-state index in [1.807, 2.05) is 4.90 Å². The van der Waals surface area contributed by atoms with Gasteiger partial charge in [-0.05, 0) is 139 Å². The first-order chi connectivity index (χ1) is 49.9. The quantitative estimate of drug-likeness (QED) is 0.0344. The van der Waals surface area contributed by atoms with Crippen LogP contribution >= 0.6 is 0 Å². The molecule has 0 aromatic rings. The van der Waals surface area contributed by atoms with Crippen LogP contribution in [0.2, 0.25) is 0 Å². The van der Waals surface area contributed by atoms with Crippen LogP contribution in [0.3, 0.4) is 0 Å². The van der Waals surface area contributed by atoms with Crippen LogP contribution in [0.1, 0.15) is 210 Å². The molecule has 0 radical (unpaired) electrons. The van der Waals surface area contributed by atoms with E-state index in [-0.39, 0.29) is 138 Å². The van der Waals surface area contributed by atoms with Gasteiger partial charge in [-0.1, -0.05) is 25.7 Å². The Morgan fingerprint density at radius 3 is 1.46 bits per heavy atom. The third-order valence-electron chi connectivity index (χ3n) is 21.1. The van der Waals surface area contributed by atoms with E-state index in [2.05, 4.69) is 37.2 Å². The number of aliphatic hydroxyl groups excluding tert-OH is 6. The molecule has 16 N–H and O–H groups in total. The molecule has 106 heavy (non-hydrogen) atoms. The van der Waals surface area contributed by atoms with Crippen LogP contribution in [0.5, 0.6) is 0 Å². The zero-order valence-electron chi connectivity index (χ0n) is 64.7. The number of hydrogen-bond donors (Lipinski definition) is 15. The molecule has 610 valence electrons. The second-order valence-corrected chi connectivity index (χ2v) is 31.9. The SMILES string of the molecule is CC(=O)NC1C(O)[C@@H](O)C(CO)O[C@H]1C(C)(C)OCCCCC(=O)C(C)(C)NCCCNC(=O)CCOCC(COCCC(N)=O)(COCCC(=O)NCCCNC(C)(C)C(=O)CCCCOC(C)(C)[C@@H]1OC(CO)C2(O)C(O)[C@@H]2C1NC(C)=O)NC(=O)CCCCCCCCC(=O)N1C[C@H](O)CC12CC2. The van der Waals surface area contributed by atoms with Gasteiger partial charge in [-0.25, -0.2) is 0 Å². The van der Waals surface area contributed by atoms with Crippen LogP contribution in [-0.4, -0.2) is 292 Å². The Hall–Kier alpha value is -5.01. The summed E-state index contributed by atoms with van der Waals surface area (Å²) in [7, 11) is 0. The lowest BCUT2D eigenvalue weighted by Gasteiger charge is -2.48. The normalized spacial score (nSPS) is 25.4. The van der Waals surface area contributed by atoms with Crippen molar-refractivity contribution in [1.82, 2.24) is 42.1 Å². The van der Waals surface area contributed by atoms with E-state index in [0.717, 1.165) is 44.9 Å². The molecule has 2 aliphatic carbocycles. The molecule has 5 rings (SSSR count). The third-order valence-corrected chi connectivity index (χ3v) is 21.1. The number of hydrogen-bond acceptors (Lipinski definition) is 25. The summed E-state index contributed by atoms with van der Waals surface area (Å²) in [6.07, 6.45) is 2.85. The monoisotopic (exact) mass is 1510 g/mol. The predicted molar refractivity (Wildman–Crippen MR) is 388 cm³/mol. The Kier molecular flexibility index (Phi) is 37.1. The van der Waals surface area contributed by atoms with Crippen molar-refractivity contribution in [3.8, 4) is 0 Å². The highest BCUT2D eigenvalue weighted by Gasteiger charge is 2.76. The number of amides is 7. The molecule has 5 fully saturated rings. The number of β-amino-alcohol motifs (C(OH)–C–C–N with tert-alkyl or cyclic N) is 1. The average molecular weight is 1510 g/mol. The van der Waals surface area contributed by atoms with Gasteiger partial charge in [0, 0.05) is 103 Å². The number of carbonyl (C=O) groups excluding carboxylic acids is 9. The molecule has 32 nitrogen and oxygen atoms in total. The van der Waals surface area contributed by atoms with Gasteiger partial charge in [0.05, 0.1) is 99.4 Å². The number of ether oxygens (including phenoxy) is 7. The van der Waals surface area contributed by atoms with Gasteiger partial charge in [0.15, 0.2) is 11.6 Å². The molecule has 7 amide bonds. The molecule has 2 saturated carbocycles. The van der Waals surface area contributed by atoms with Crippen molar-refractivity contribution >= 4 is 52.9 Å². The van der Waals surface area contributed by atoms with Crippen LogP contribution in [0, 0.1) is 5.92 Å². The Labute approximate surface area is 625 Å². The van der Waals surface area contributed by atoms with Crippen molar-refractivity contribution in [3.05, 3.63) is 0 Å². The molecule has 0 aromatic heterocycles. The van der Waals surface area contributed by atoms with E-state index in [9.17, 15) is 78.9 Å². The molecule has 8 unspecified atom stereocenters. The first-order valence-electron chi connectivity index (χ1n) is 38.4. The number of Topliss-reactive ketones (excluding diaryl/α,β-unsaturated/α-hetero) is 2. The number of carbonyl (C=O) groups is 9. The summed E-state index contributed by atoms with van der Waals surface area (Å²) in [5.74, 6) is -3.03. The predicted octanol–water partition coefficient (Wildman–Crippen LogP) is -0.416. The van der Waals surface area contributed by atoms with E-state index in [1.165, 1.54) is 13.8 Å². The summed E-state index contributed by atoms with van der Waals surface area (Å²) in [5.41, 5.74) is -1.54. The topological polar surface area (TPSA) is 473 Å². The number of likely N-dealkylation sites (tertiary alicyclic amines) is 1. The first kappa shape index (κ1) is 91.6. The molecule has 0 bridgehead atoms. The Bertz CT molecular complexity index is 2810. The van der Waals surface area contributed by atoms with Crippen molar-refractivity contribution < 1.29 is 112 Å². The first-order valence-corrected chi connectivity index (χ1v) is 38.4. The molecule has 3 aliphatic heterocycles. The Balaban J connectivity index is 1.04. The number of fused-ring (bicyclic) bond motifs is 1. The lowest BCUT2D eigenvalue weighted by molar-refractivity contribution is -0.242. The van der Waals surface area contributed by atoms with Crippen molar-refractivity contribution in [3.63, 3.8) is 0 Å². The zero-order chi connectivity index (χ0) is 78.7. The molecule has 0 aromatic carbocycles. The number of unbranched alkanes of at least 4 members (excludes halogenated alkanes) is 7. The van der Waals surface area contributed by atoms with Gasteiger partial charge in [-0.15, -0.1) is 0 Å². The van der Waals surface area contributed by atoms with Gasteiger partial charge in [0.1, 0.15) is 47.8 Å². The summed E-state index contributed by atoms with van der Waals surface area (Å²) < 4.78 is 42.4. The summed E-state index contributed by atoms with van der Waals surface area (Å²) in [4.78, 5) is 117. The van der Waals surface area contributed by atoms with Gasteiger partial charge in [-0.2, -0.15) is 0 Å². The molecule has 1 spiro atoms. The van der Waals surface area contributed by atoms with Gasteiger partial charge in [-0.3, -0.25) is 43.2 Å². The molecule has 13 atom stereocenters. The molecule has 5 aliphatic rings. The standard InChI is InChI=1S/C74H131N9O23/c1-48(86)80-61-60-65(98)74(60,99)54(44-85)106-66(61)70(7,8)103-36-19-17-23-52(89)68(3,4)78-34-21-32-76-56(92)28-39-101-46-72(45-100-38-27-55(75)91,82-58(94)25-15-13-11-12-14-16-26-59(95)83-42-50(88)41-73(83)30-31-73)47-102-40-29-57(93)77-33-22-35-79-69(5,6)53(90)24-18-20-37-104-71(9,10)67-62(81-49(2)87)64(97)63(96)51(43-84)105-67/h50-51,54,60-67,78-79,84-85,88,96-99H,11-47H2,1-10H3,(H2,75,91)(H,76,92)(H,77,93)(H,80,86)(H,81,87)(H,82,94)/t50-,51?,54?,60+,61?,62?,63+,64?,65?,66-,67-,72?,74?/m1/s1. The van der Waals surface area contributed by atoms with Crippen LogP contribution in [0.4, 0.5) is 0 Å². The molecule has 3 heterocycles.